The number of rotatable bonds is 10. The van der Waals surface area contributed by atoms with Gasteiger partial charge in [0.05, 0.1) is 48.1 Å². The minimum Gasteiger partial charge on any atom is -0.465 e. The van der Waals surface area contributed by atoms with Crippen LogP contribution in [-0.2, 0) is 29.0 Å². The molecule has 0 fully saturated rings. The van der Waals surface area contributed by atoms with Gasteiger partial charge in [-0.15, -0.1) is 0 Å². The van der Waals surface area contributed by atoms with E-state index >= 15 is 4.39 Å². The van der Waals surface area contributed by atoms with Crippen molar-refractivity contribution in [2.24, 2.45) is 0 Å². The molecule has 0 saturated carbocycles. The molecule has 0 N–H and O–H groups in total. The second kappa shape index (κ2) is 12.7. The highest BCUT2D eigenvalue weighted by Gasteiger charge is 2.18. The third-order valence-corrected chi connectivity index (χ3v) is 6.70. The van der Waals surface area contributed by atoms with E-state index in [1.54, 1.807) is 25.3 Å². The van der Waals surface area contributed by atoms with E-state index < -0.39 is 23.4 Å². The fourth-order valence-electron chi connectivity index (χ4n) is 4.49. The van der Waals surface area contributed by atoms with E-state index in [0.717, 1.165) is 18.3 Å². The molecule has 0 radical (unpaired) electrons. The SMILES string of the molecule is COCCn1c(Cc2ccc(-c3nc(OCc4ccc(C#N)cc4F)ncc3F)cc2F)nc2ccc(C(=O)OC)cc21. The van der Waals surface area contributed by atoms with E-state index in [1.807, 2.05) is 10.6 Å². The Morgan fingerprint density at radius 1 is 0.953 bits per heavy atom. The zero-order valence-corrected chi connectivity index (χ0v) is 23.1. The smallest absolute Gasteiger partial charge is 0.337 e. The molecule has 0 bridgehead atoms. The first-order chi connectivity index (χ1) is 20.8. The summed E-state index contributed by atoms with van der Waals surface area (Å²) >= 11 is 0. The van der Waals surface area contributed by atoms with E-state index in [4.69, 9.17) is 19.5 Å². The molecule has 43 heavy (non-hydrogen) atoms. The maximum absolute atomic E-state index is 15.4. The van der Waals surface area contributed by atoms with Crippen LogP contribution in [0.3, 0.4) is 0 Å². The van der Waals surface area contributed by atoms with Crippen LogP contribution in [0.5, 0.6) is 6.01 Å². The van der Waals surface area contributed by atoms with Crippen molar-refractivity contribution in [3.8, 4) is 23.3 Å². The first-order valence-corrected chi connectivity index (χ1v) is 13.0. The van der Waals surface area contributed by atoms with E-state index in [0.29, 0.717) is 41.1 Å². The summed E-state index contributed by atoms with van der Waals surface area (Å²) < 4.78 is 61.6. The normalized spacial score (nSPS) is 11.0. The second-order valence-corrected chi connectivity index (χ2v) is 9.41. The van der Waals surface area contributed by atoms with E-state index in [2.05, 4.69) is 15.0 Å². The third kappa shape index (κ3) is 6.32. The Bertz CT molecular complexity index is 1870. The largest absolute Gasteiger partial charge is 0.465 e. The summed E-state index contributed by atoms with van der Waals surface area (Å²) in [5, 5.41) is 8.89. The number of ether oxygens (including phenoxy) is 3. The van der Waals surface area contributed by atoms with Gasteiger partial charge in [0.15, 0.2) is 5.82 Å². The molecule has 0 aliphatic rings. The minimum absolute atomic E-state index is 0.106. The minimum atomic E-state index is -0.799. The summed E-state index contributed by atoms with van der Waals surface area (Å²) in [5.41, 5.74) is 2.20. The van der Waals surface area contributed by atoms with E-state index in [-0.39, 0.29) is 41.4 Å². The van der Waals surface area contributed by atoms with E-state index in [1.165, 1.54) is 31.4 Å². The zero-order valence-electron chi connectivity index (χ0n) is 23.1. The van der Waals surface area contributed by atoms with Crippen molar-refractivity contribution >= 4 is 17.0 Å². The van der Waals surface area contributed by atoms with Gasteiger partial charge in [-0.3, -0.25) is 0 Å². The van der Waals surface area contributed by atoms with Gasteiger partial charge in [0.2, 0.25) is 0 Å². The number of hydrogen-bond acceptors (Lipinski definition) is 8. The molecule has 0 spiro atoms. The third-order valence-electron chi connectivity index (χ3n) is 6.70. The molecule has 9 nitrogen and oxygen atoms in total. The Morgan fingerprint density at radius 2 is 1.74 bits per heavy atom. The Labute approximate surface area is 244 Å². The molecule has 3 aromatic carbocycles. The number of nitriles is 1. The first-order valence-electron chi connectivity index (χ1n) is 13.0. The number of methoxy groups -OCH3 is 2. The topological polar surface area (TPSA) is 112 Å². The highest BCUT2D eigenvalue weighted by atomic mass is 19.1. The van der Waals surface area contributed by atoms with Crippen molar-refractivity contribution in [3.63, 3.8) is 0 Å². The van der Waals surface area contributed by atoms with Crippen LogP contribution in [0.2, 0.25) is 0 Å². The molecule has 5 rings (SSSR count). The van der Waals surface area contributed by atoms with Crippen molar-refractivity contribution in [1.82, 2.24) is 19.5 Å². The van der Waals surface area contributed by atoms with Crippen molar-refractivity contribution in [3.05, 3.63) is 106 Å². The Hall–Kier alpha value is -5.28. The van der Waals surface area contributed by atoms with Crippen molar-refractivity contribution in [1.29, 1.82) is 5.26 Å². The molecule has 0 amide bonds. The Kier molecular flexibility index (Phi) is 8.64. The number of carbonyl (C=O) groups excluding carboxylic acids is 1. The summed E-state index contributed by atoms with van der Waals surface area (Å²) in [7, 11) is 2.86. The lowest BCUT2D eigenvalue weighted by Gasteiger charge is -2.11. The summed E-state index contributed by atoms with van der Waals surface area (Å²) in [6.07, 6.45) is 0.994. The van der Waals surface area contributed by atoms with Crippen LogP contribution >= 0.6 is 0 Å². The monoisotopic (exact) mass is 587 g/mol. The summed E-state index contributed by atoms with van der Waals surface area (Å²) in [6.45, 7) is 0.507. The quantitative estimate of drug-likeness (QED) is 0.200. The fourth-order valence-corrected chi connectivity index (χ4v) is 4.49. The van der Waals surface area contributed by atoms with Crippen LogP contribution in [0.1, 0.15) is 32.9 Å². The van der Waals surface area contributed by atoms with Gasteiger partial charge in [0, 0.05) is 31.2 Å². The van der Waals surface area contributed by atoms with Crippen LogP contribution < -0.4 is 4.74 Å². The van der Waals surface area contributed by atoms with Crippen LogP contribution in [0.25, 0.3) is 22.3 Å². The lowest BCUT2D eigenvalue weighted by Crippen LogP contribution is -2.10. The van der Waals surface area contributed by atoms with Crippen molar-refractivity contribution in [2.75, 3.05) is 20.8 Å². The number of imidazole rings is 1. The average Bonchev–Trinajstić information content (AvgIpc) is 3.36. The van der Waals surface area contributed by atoms with Crippen molar-refractivity contribution < 1.29 is 32.2 Å². The highest BCUT2D eigenvalue weighted by molar-refractivity contribution is 5.93. The van der Waals surface area contributed by atoms with Crippen LogP contribution in [0, 0.1) is 28.8 Å². The molecule has 0 aliphatic heterocycles. The van der Waals surface area contributed by atoms with Crippen molar-refractivity contribution in [2.45, 2.75) is 19.6 Å². The molecular formula is C31H24F3N5O4. The number of nitrogens with zero attached hydrogens (tertiary/aromatic N) is 5. The summed E-state index contributed by atoms with van der Waals surface area (Å²) in [4.78, 5) is 24.6. The number of hydrogen-bond donors (Lipinski definition) is 0. The molecule has 218 valence electrons. The molecule has 2 heterocycles. The van der Waals surface area contributed by atoms with Gasteiger partial charge in [-0.2, -0.15) is 10.2 Å². The standard InChI is InChI=1S/C31H24F3N5O4/c1-41-10-9-39-27-13-21(30(40)42-2)7-8-26(27)37-28(39)14-19-5-6-20(12-24(19)33)29-25(34)16-36-31(38-29)43-17-22-4-3-18(15-35)11-23(22)32/h3-8,11-13,16H,9-10,14,17H2,1-2H3. The predicted molar refractivity (Wildman–Crippen MR) is 149 cm³/mol. The van der Waals surface area contributed by atoms with Crippen LogP contribution in [0.4, 0.5) is 13.2 Å². The summed E-state index contributed by atoms with van der Waals surface area (Å²) in [6, 6.07) is 14.7. The van der Waals surface area contributed by atoms with Gasteiger partial charge < -0.3 is 18.8 Å². The molecular weight excluding hydrogens is 563 g/mol. The number of halogens is 3. The van der Waals surface area contributed by atoms with E-state index in [9.17, 15) is 13.6 Å². The molecule has 2 aromatic heterocycles. The molecule has 0 atom stereocenters. The highest BCUT2D eigenvalue weighted by Crippen LogP contribution is 2.27. The van der Waals surface area contributed by atoms with Gasteiger partial charge in [0.25, 0.3) is 0 Å². The molecule has 12 heteroatoms. The maximum Gasteiger partial charge on any atom is 0.337 e. The van der Waals surface area contributed by atoms with Gasteiger partial charge >= 0.3 is 12.0 Å². The Balaban J connectivity index is 1.39. The number of carbonyl (C=O) groups is 1. The number of fused-ring (bicyclic) bond motifs is 1. The summed E-state index contributed by atoms with van der Waals surface area (Å²) in [5.74, 6) is -2.00. The van der Waals surface area contributed by atoms with Crippen LogP contribution in [0.15, 0.2) is 60.8 Å². The average molecular weight is 588 g/mol. The number of aromatic nitrogens is 4. The van der Waals surface area contributed by atoms with Gasteiger partial charge in [-0.1, -0.05) is 18.2 Å². The number of benzene rings is 3. The lowest BCUT2D eigenvalue weighted by atomic mass is 10.1. The van der Waals surface area contributed by atoms with Crippen LogP contribution in [-0.4, -0.2) is 46.3 Å². The Morgan fingerprint density at radius 3 is 2.47 bits per heavy atom. The fraction of sp³-hybridized carbons (Fsp3) is 0.194. The molecule has 0 unspecified atom stereocenters. The molecule has 0 saturated heterocycles. The first kappa shape index (κ1) is 29.2. The van der Waals surface area contributed by atoms with Gasteiger partial charge in [0.1, 0.15) is 29.8 Å². The van der Waals surface area contributed by atoms with Gasteiger partial charge in [-0.05, 0) is 42.0 Å². The molecule has 0 aliphatic carbocycles. The number of esters is 1. The van der Waals surface area contributed by atoms with Gasteiger partial charge in [-0.25, -0.2) is 27.9 Å². The maximum atomic E-state index is 15.4. The zero-order chi connectivity index (χ0) is 30.5. The molecule has 5 aromatic rings. The predicted octanol–water partition coefficient (Wildman–Crippen LogP) is 5.39. The second-order valence-electron chi connectivity index (χ2n) is 9.41. The lowest BCUT2D eigenvalue weighted by molar-refractivity contribution is 0.0601.